The van der Waals surface area contributed by atoms with Crippen molar-refractivity contribution >= 4 is 34.8 Å². The van der Waals surface area contributed by atoms with E-state index in [4.69, 9.17) is 15.2 Å². The fraction of sp³-hybridized carbons (Fsp3) is 0.179. The molecule has 10 nitrogen and oxygen atoms in total. The van der Waals surface area contributed by atoms with Gasteiger partial charge in [-0.2, -0.15) is 0 Å². The molecule has 2 amide bonds. The van der Waals surface area contributed by atoms with Gasteiger partial charge < -0.3 is 36.1 Å². The predicted octanol–water partition coefficient (Wildman–Crippen LogP) is 3.83. The zero-order valence-electron chi connectivity index (χ0n) is 21.7. The van der Waals surface area contributed by atoms with Crippen LogP contribution in [0.3, 0.4) is 0 Å². The van der Waals surface area contributed by atoms with Crippen molar-refractivity contribution in [3.05, 3.63) is 89.3 Å². The second-order valence-corrected chi connectivity index (χ2v) is 8.75. The number of nitrogens with one attached hydrogen (secondary N) is 3. The first-order chi connectivity index (χ1) is 18.2. The Hall–Kier alpha value is -4.99. The number of hydrogen-bond donors (Lipinski definition) is 4. The Morgan fingerprint density at radius 3 is 2.32 bits per heavy atom. The standard InChI is InChI=1S/C28H30N6O4/c1-17-8-9-21(31-26(35)18-10-23(37-3)14-24(11-18)38-4)13-25(17)27(36)32-22-15-30-28(34(2)16-22)33-20-7-5-6-19(29)12-20/h5-15H,16,29H2,1-4H3,(H,30,33)(H,31,35)(H,32,36). The monoisotopic (exact) mass is 514 g/mol. The third-order valence-corrected chi connectivity index (χ3v) is 5.88. The second kappa shape index (κ2) is 11.4. The molecule has 1 aliphatic rings. The minimum atomic E-state index is -0.358. The van der Waals surface area contributed by atoms with E-state index in [9.17, 15) is 9.59 Å². The molecule has 38 heavy (non-hydrogen) atoms. The van der Waals surface area contributed by atoms with Crippen molar-refractivity contribution in [3.8, 4) is 11.5 Å². The van der Waals surface area contributed by atoms with Gasteiger partial charge in [-0.1, -0.05) is 12.1 Å². The third-order valence-electron chi connectivity index (χ3n) is 5.88. The van der Waals surface area contributed by atoms with Crippen LogP contribution in [-0.4, -0.2) is 50.5 Å². The molecule has 10 heteroatoms. The largest absolute Gasteiger partial charge is 0.497 e. The molecule has 0 fully saturated rings. The Morgan fingerprint density at radius 2 is 1.66 bits per heavy atom. The van der Waals surface area contributed by atoms with E-state index in [1.165, 1.54) is 14.2 Å². The lowest BCUT2D eigenvalue weighted by Crippen LogP contribution is -2.40. The molecule has 3 aromatic rings. The van der Waals surface area contributed by atoms with Crippen molar-refractivity contribution in [3.63, 3.8) is 0 Å². The zero-order chi connectivity index (χ0) is 27.2. The number of nitrogens with two attached hydrogens (primary N) is 1. The summed E-state index contributed by atoms with van der Waals surface area (Å²) in [6.07, 6.45) is 1.61. The number of nitrogen functional groups attached to an aromatic ring is 1. The predicted molar refractivity (Wildman–Crippen MR) is 149 cm³/mol. The van der Waals surface area contributed by atoms with E-state index in [1.807, 2.05) is 43.1 Å². The molecule has 3 aromatic carbocycles. The van der Waals surface area contributed by atoms with Crippen LogP contribution in [0.15, 0.2) is 77.6 Å². The van der Waals surface area contributed by atoms with Crippen LogP contribution >= 0.6 is 0 Å². The molecule has 0 unspecified atom stereocenters. The van der Waals surface area contributed by atoms with Crippen molar-refractivity contribution in [1.82, 2.24) is 10.2 Å². The van der Waals surface area contributed by atoms with Crippen molar-refractivity contribution in [1.29, 1.82) is 0 Å². The Labute approximate surface area is 221 Å². The van der Waals surface area contributed by atoms with Gasteiger partial charge in [-0.15, -0.1) is 0 Å². The topological polar surface area (TPSA) is 130 Å². The second-order valence-electron chi connectivity index (χ2n) is 8.75. The fourth-order valence-electron chi connectivity index (χ4n) is 3.85. The lowest BCUT2D eigenvalue weighted by molar-refractivity contribution is 0.0961. The van der Waals surface area contributed by atoms with Gasteiger partial charge in [-0.05, 0) is 55.0 Å². The van der Waals surface area contributed by atoms with Crippen LogP contribution in [0.25, 0.3) is 0 Å². The molecule has 0 atom stereocenters. The van der Waals surface area contributed by atoms with Gasteiger partial charge in [-0.3, -0.25) is 9.59 Å². The first kappa shape index (κ1) is 26.1. The zero-order valence-corrected chi connectivity index (χ0v) is 21.7. The van der Waals surface area contributed by atoms with Crippen molar-refractivity contribution in [2.75, 3.05) is 44.2 Å². The lowest BCUT2D eigenvalue weighted by atomic mass is 10.1. The van der Waals surface area contributed by atoms with Gasteiger partial charge in [0.05, 0.1) is 32.7 Å². The molecule has 196 valence electrons. The number of guanidine groups is 1. The maximum Gasteiger partial charge on any atom is 0.255 e. The summed E-state index contributed by atoms with van der Waals surface area (Å²) in [5, 5.41) is 8.98. The number of ether oxygens (including phenoxy) is 2. The molecule has 0 aromatic heterocycles. The van der Waals surface area contributed by atoms with Gasteiger partial charge in [0.25, 0.3) is 11.8 Å². The van der Waals surface area contributed by atoms with Gasteiger partial charge in [0.15, 0.2) is 0 Å². The summed E-state index contributed by atoms with van der Waals surface area (Å²) in [7, 11) is 4.90. The average molecular weight is 515 g/mol. The number of rotatable bonds is 7. The number of aliphatic imine (C=N–C) groups is 1. The molecule has 0 spiro atoms. The molecule has 1 heterocycles. The quantitative estimate of drug-likeness (QED) is 0.353. The number of amides is 2. The minimum absolute atomic E-state index is 0.302. The Kier molecular flexibility index (Phi) is 7.81. The number of aryl methyl sites for hydroxylation is 1. The van der Waals surface area contributed by atoms with Gasteiger partial charge in [-0.25, -0.2) is 4.99 Å². The lowest BCUT2D eigenvalue weighted by Gasteiger charge is -2.26. The van der Waals surface area contributed by atoms with Gasteiger partial charge in [0, 0.05) is 41.3 Å². The molecule has 4 rings (SSSR count). The fourth-order valence-corrected chi connectivity index (χ4v) is 3.85. The van der Waals surface area contributed by atoms with E-state index in [0.29, 0.717) is 52.2 Å². The first-order valence-corrected chi connectivity index (χ1v) is 11.8. The highest BCUT2D eigenvalue weighted by atomic mass is 16.5. The Bertz CT molecular complexity index is 1410. The van der Waals surface area contributed by atoms with Gasteiger partial charge >= 0.3 is 0 Å². The smallest absolute Gasteiger partial charge is 0.255 e. The summed E-state index contributed by atoms with van der Waals surface area (Å²) in [6, 6.07) is 17.5. The number of likely N-dealkylation sites (N-methyl/N-ethyl adjacent to an activating group) is 1. The molecule has 0 saturated carbocycles. The molecule has 5 N–H and O–H groups in total. The number of carbonyl (C=O) groups excluding carboxylic acids is 2. The van der Waals surface area contributed by atoms with Crippen molar-refractivity contribution in [2.45, 2.75) is 6.92 Å². The van der Waals surface area contributed by atoms with Crippen LogP contribution in [0.2, 0.25) is 0 Å². The molecule has 1 aliphatic heterocycles. The van der Waals surface area contributed by atoms with E-state index >= 15 is 0 Å². The average Bonchev–Trinajstić information content (AvgIpc) is 2.91. The molecular weight excluding hydrogens is 484 g/mol. The van der Waals surface area contributed by atoms with Gasteiger partial charge in [0.2, 0.25) is 5.96 Å². The number of anilines is 3. The SMILES string of the molecule is COc1cc(OC)cc(C(=O)Nc2ccc(C)c(C(=O)NC3=CN=C(Nc4cccc(N)c4)N(C)C3)c2)c1. The summed E-state index contributed by atoms with van der Waals surface area (Å²) in [6.45, 7) is 2.27. The van der Waals surface area contributed by atoms with Crippen LogP contribution in [0, 0.1) is 6.92 Å². The summed E-state index contributed by atoms with van der Waals surface area (Å²) in [5.41, 5.74) is 9.99. The van der Waals surface area contributed by atoms with Crippen LogP contribution in [0.5, 0.6) is 11.5 Å². The Morgan fingerprint density at radius 1 is 0.921 bits per heavy atom. The number of benzene rings is 3. The molecule has 0 radical (unpaired) electrons. The highest BCUT2D eigenvalue weighted by Gasteiger charge is 2.18. The van der Waals surface area contributed by atoms with E-state index < -0.39 is 0 Å². The molecular formula is C28H30N6O4. The third kappa shape index (κ3) is 6.22. The summed E-state index contributed by atoms with van der Waals surface area (Å²) < 4.78 is 10.5. The number of methoxy groups -OCH3 is 2. The van der Waals surface area contributed by atoms with Crippen molar-refractivity contribution < 1.29 is 19.1 Å². The van der Waals surface area contributed by atoms with Crippen LogP contribution in [0.1, 0.15) is 26.3 Å². The van der Waals surface area contributed by atoms with E-state index in [2.05, 4.69) is 20.9 Å². The minimum Gasteiger partial charge on any atom is -0.497 e. The maximum atomic E-state index is 13.1. The van der Waals surface area contributed by atoms with Crippen molar-refractivity contribution in [2.24, 2.45) is 4.99 Å². The molecule has 0 saturated heterocycles. The first-order valence-electron chi connectivity index (χ1n) is 11.8. The highest BCUT2D eigenvalue weighted by molar-refractivity contribution is 6.06. The van der Waals surface area contributed by atoms with Gasteiger partial charge in [0.1, 0.15) is 11.5 Å². The van der Waals surface area contributed by atoms with Crippen LogP contribution in [-0.2, 0) is 0 Å². The van der Waals surface area contributed by atoms with E-state index in [-0.39, 0.29) is 11.8 Å². The summed E-state index contributed by atoms with van der Waals surface area (Å²) in [5.74, 6) is 0.965. The highest BCUT2D eigenvalue weighted by Crippen LogP contribution is 2.24. The number of carbonyl (C=O) groups is 2. The summed E-state index contributed by atoms with van der Waals surface area (Å²) >= 11 is 0. The molecule has 0 bridgehead atoms. The van der Waals surface area contributed by atoms with E-state index in [0.717, 1.165) is 11.3 Å². The Balaban J connectivity index is 1.46. The molecule has 0 aliphatic carbocycles. The maximum absolute atomic E-state index is 13.1. The van der Waals surface area contributed by atoms with Crippen LogP contribution < -0.4 is 31.2 Å². The number of hydrogen-bond acceptors (Lipinski definition) is 8. The number of nitrogens with zero attached hydrogens (tertiary/aromatic N) is 2. The van der Waals surface area contributed by atoms with Crippen LogP contribution in [0.4, 0.5) is 17.1 Å². The van der Waals surface area contributed by atoms with E-state index in [1.54, 1.807) is 42.6 Å². The summed E-state index contributed by atoms with van der Waals surface area (Å²) in [4.78, 5) is 32.3. The normalized spacial score (nSPS) is 12.7.